The Balaban J connectivity index is 1.75. The summed E-state index contributed by atoms with van der Waals surface area (Å²) >= 11 is 5.84. The topological polar surface area (TPSA) is 62.8 Å². The molecule has 26 heavy (non-hydrogen) atoms. The number of benzene rings is 1. The summed E-state index contributed by atoms with van der Waals surface area (Å²) in [6.45, 7) is 11.9. The molecule has 0 saturated heterocycles. The molecule has 0 fully saturated rings. The standard InChI is InChI=1S/C19H25ClN4OSi/c1-19(2,3)26(4,5)25-12-15-11-13-10-14(6-7-16(13)22-15)23-17-8-9-21-18(20)24-17/h6-11,22H,12H2,1-5H3,(H,21,23,24). The number of halogens is 1. The fourth-order valence-electron chi connectivity index (χ4n) is 2.38. The van der Waals surface area contributed by atoms with Crippen molar-refractivity contribution in [1.29, 1.82) is 0 Å². The van der Waals surface area contributed by atoms with E-state index in [1.807, 2.05) is 6.07 Å². The molecule has 1 aromatic carbocycles. The van der Waals surface area contributed by atoms with E-state index < -0.39 is 8.32 Å². The van der Waals surface area contributed by atoms with E-state index in [-0.39, 0.29) is 10.3 Å². The molecule has 2 N–H and O–H groups in total. The minimum absolute atomic E-state index is 0.203. The van der Waals surface area contributed by atoms with Gasteiger partial charge in [-0.1, -0.05) is 20.8 Å². The maximum atomic E-state index is 6.31. The maximum absolute atomic E-state index is 6.31. The fraction of sp³-hybridized carbons (Fsp3) is 0.368. The first-order valence-corrected chi connectivity index (χ1v) is 11.9. The van der Waals surface area contributed by atoms with Crippen molar-refractivity contribution in [2.75, 3.05) is 5.32 Å². The Morgan fingerprint density at radius 1 is 1.19 bits per heavy atom. The van der Waals surface area contributed by atoms with Crippen LogP contribution < -0.4 is 5.32 Å². The van der Waals surface area contributed by atoms with Crippen LogP contribution in [-0.4, -0.2) is 23.3 Å². The normalized spacial score (nSPS) is 12.5. The number of H-pyrrole nitrogens is 1. The quantitative estimate of drug-likeness (QED) is 0.423. The molecule has 0 radical (unpaired) electrons. The number of nitrogens with one attached hydrogen (secondary N) is 2. The molecule has 2 aromatic heterocycles. The molecule has 5 nitrogen and oxygen atoms in total. The highest BCUT2D eigenvalue weighted by Crippen LogP contribution is 2.37. The molecule has 0 bridgehead atoms. The molecule has 0 aliphatic rings. The predicted molar refractivity (Wildman–Crippen MR) is 111 cm³/mol. The zero-order valence-electron chi connectivity index (χ0n) is 15.9. The van der Waals surface area contributed by atoms with Gasteiger partial charge in [-0.05, 0) is 60.1 Å². The van der Waals surface area contributed by atoms with E-state index in [1.54, 1.807) is 12.3 Å². The van der Waals surface area contributed by atoms with Gasteiger partial charge in [-0.3, -0.25) is 0 Å². The van der Waals surface area contributed by atoms with Crippen molar-refractivity contribution >= 4 is 42.3 Å². The average Bonchev–Trinajstić information content (AvgIpc) is 2.94. The second kappa shape index (κ2) is 7.02. The lowest BCUT2D eigenvalue weighted by Gasteiger charge is -2.36. The summed E-state index contributed by atoms with van der Waals surface area (Å²) in [5.41, 5.74) is 3.13. The monoisotopic (exact) mass is 388 g/mol. The summed E-state index contributed by atoms with van der Waals surface area (Å²) in [6, 6.07) is 10.1. The van der Waals surface area contributed by atoms with Crippen molar-refractivity contribution in [3.05, 3.63) is 47.5 Å². The van der Waals surface area contributed by atoms with E-state index in [9.17, 15) is 0 Å². The molecule has 3 rings (SSSR count). The molecule has 0 atom stereocenters. The summed E-state index contributed by atoms with van der Waals surface area (Å²) < 4.78 is 6.31. The van der Waals surface area contributed by atoms with Crippen LogP contribution in [0.3, 0.4) is 0 Å². The number of anilines is 2. The van der Waals surface area contributed by atoms with Crippen LogP contribution in [0.5, 0.6) is 0 Å². The van der Waals surface area contributed by atoms with Gasteiger partial charge in [0.1, 0.15) is 5.82 Å². The van der Waals surface area contributed by atoms with E-state index in [2.05, 4.69) is 72.3 Å². The lowest BCUT2D eigenvalue weighted by molar-refractivity contribution is 0.273. The first-order valence-electron chi connectivity index (χ1n) is 8.65. The Morgan fingerprint density at radius 2 is 1.96 bits per heavy atom. The Labute approximate surface area is 160 Å². The number of nitrogens with zero attached hydrogens (tertiary/aromatic N) is 2. The number of aromatic amines is 1. The van der Waals surface area contributed by atoms with Gasteiger partial charge in [0.05, 0.1) is 6.61 Å². The second-order valence-electron chi connectivity index (χ2n) is 7.98. The summed E-state index contributed by atoms with van der Waals surface area (Å²) in [7, 11) is -1.76. The molecule has 138 valence electrons. The van der Waals surface area contributed by atoms with Gasteiger partial charge in [-0.15, -0.1) is 0 Å². The minimum atomic E-state index is -1.76. The first kappa shape index (κ1) is 18.9. The van der Waals surface area contributed by atoms with E-state index in [1.165, 1.54) is 0 Å². The van der Waals surface area contributed by atoms with Crippen molar-refractivity contribution in [1.82, 2.24) is 15.0 Å². The minimum Gasteiger partial charge on any atom is -0.411 e. The highest BCUT2D eigenvalue weighted by atomic mass is 35.5. The van der Waals surface area contributed by atoms with E-state index >= 15 is 0 Å². The molecular formula is C19H25ClN4OSi. The average molecular weight is 389 g/mol. The van der Waals surface area contributed by atoms with E-state index in [0.29, 0.717) is 12.4 Å². The van der Waals surface area contributed by atoms with Crippen LogP contribution >= 0.6 is 11.6 Å². The van der Waals surface area contributed by atoms with Crippen molar-refractivity contribution in [3.63, 3.8) is 0 Å². The first-order chi connectivity index (χ1) is 12.1. The zero-order chi connectivity index (χ0) is 18.9. The largest absolute Gasteiger partial charge is 0.411 e. The van der Waals surface area contributed by atoms with Crippen LogP contribution in [-0.2, 0) is 11.0 Å². The van der Waals surface area contributed by atoms with Crippen LogP contribution in [0.4, 0.5) is 11.5 Å². The third-order valence-electron chi connectivity index (χ3n) is 4.97. The number of hydrogen-bond acceptors (Lipinski definition) is 4. The van der Waals surface area contributed by atoms with Crippen LogP contribution in [0.1, 0.15) is 26.5 Å². The van der Waals surface area contributed by atoms with Crippen molar-refractivity contribution in [2.45, 2.75) is 45.5 Å². The van der Waals surface area contributed by atoms with E-state index in [0.717, 1.165) is 22.3 Å². The molecule has 3 aromatic rings. The third kappa shape index (κ3) is 4.26. The van der Waals surface area contributed by atoms with Gasteiger partial charge in [0.25, 0.3) is 0 Å². The van der Waals surface area contributed by atoms with Gasteiger partial charge in [-0.2, -0.15) is 0 Å². The van der Waals surface area contributed by atoms with Crippen molar-refractivity contribution in [3.8, 4) is 0 Å². The Bertz CT molecular complexity index is 917. The van der Waals surface area contributed by atoms with Crippen LogP contribution in [0, 0.1) is 0 Å². The molecule has 2 heterocycles. The summed E-state index contributed by atoms with van der Waals surface area (Å²) in [4.78, 5) is 11.5. The van der Waals surface area contributed by atoms with Gasteiger partial charge >= 0.3 is 0 Å². The second-order valence-corrected chi connectivity index (χ2v) is 13.1. The molecule has 0 unspecified atom stereocenters. The summed E-state index contributed by atoms with van der Waals surface area (Å²) in [5, 5.41) is 4.81. The molecule has 0 aliphatic carbocycles. The zero-order valence-corrected chi connectivity index (χ0v) is 17.6. The molecular weight excluding hydrogens is 364 g/mol. The van der Waals surface area contributed by atoms with Crippen LogP contribution in [0.15, 0.2) is 36.5 Å². The number of aromatic nitrogens is 3. The Kier molecular flexibility index (Phi) is 5.10. The van der Waals surface area contributed by atoms with Crippen LogP contribution in [0.2, 0.25) is 23.4 Å². The van der Waals surface area contributed by atoms with Gasteiger partial charge in [0, 0.05) is 28.5 Å². The maximum Gasteiger partial charge on any atom is 0.224 e. The lowest BCUT2D eigenvalue weighted by atomic mass is 10.2. The summed E-state index contributed by atoms with van der Waals surface area (Å²) in [6.07, 6.45) is 1.63. The smallest absolute Gasteiger partial charge is 0.224 e. The number of fused-ring (bicyclic) bond motifs is 1. The predicted octanol–water partition coefficient (Wildman–Crippen LogP) is 5.88. The Hall–Kier alpha value is -1.89. The molecule has 0 spiro atoms. The molecule has 0 amide bonds. The van der Waals surface area contributed by atoms with Gasteiger partial charge < -0.3 is 14.7 Å². The van der Waals surface area contributed by atoms with Crippen molar-refractivity contribution in [2.24, 2.45) is 0 Å². The van der Waals surface area contributed by atoms with Gasteiger partial charge in [0.2, 0.25) is 5.28 Å². The van der Waals surface area contributed by atoms with Gasteiger partial charge in [-0.25, -0.2) is 9.97 Å². The molecule has 7 heteroatoms. The Morgan fingerprint density at radius 3 is 2.65 bits per heavy atom. The third-order valence-corrected chi connectivity index (χ3v) is 9.63. The number of hydrogen-bond donors (Lipinski definition) is 2. The highest BCUT2D eigenvalue weighted by molar-refractivity contribution is 6.74. The highest BCUT2D eigenvalue weighted by Gasteiger charge is 2.37. The van der Waals surface area contributed by atoms with Gasteiger partial charge in [0.15, 0.2) is 8.32 Å². The fourth-order valence-corrected chi connectivity index (χ4v) is 3.47. The number of rotatable bonds is 5. The van der Waals surface area contributed by atoms with Crippen LogP contribution in [0.25, 0.3) is 10.9 Å². The van der Waals surface area contributed by atoms with Crippen molar-refractivity contribution < 1.29 is 4.43 Å². The molecule has 0 saturated carbocycles. The van der Waals surface area contributed by atoms with E-state index in [4.69, 9.17) is 16.0 Å². The summed E-state index contributed by atoms with van der Waals surface area (Å²) in [5.74, 6) is 0.668. The molecule has 0 aliphatic heterocycles. The SMILES string of the molecule is CC(C)(C)[Si](C)(C)OCc1cc2cc(Nc3ccnc(Cl)n3)ccc2[nH]1. The lowest BCUT2D eigenvalue weighted by Crippen LogP contribution is -2.40.